The Kier molecular flexibility index (Phi) is 3.00. The van der Waals surface area contributed by atoms with Gasteiger partial charge in [-0.15, -0.1) is 0 Å². The predicted octanol–water partition coefficient (Wildman–Crippen LogP) is 3.66. The molecule has 2 rings (SSSR count). The first-order valence-electron chi connectivity index (χ1n) is 6.58. The maximum Gasteiger partial charge on any atom is 0.304 e. The average molecular weight is 246 g/mol. The van der Waals surface area contributed by atoms with Crippen LogP contribution in [-0.4, -0.2) is 11.1 Å². The second-order valence-corrected chi connectivity index (χ2v) is 6.75. The zero-order chi connectivity index (χ0) is 13.6. The zero-order valence-corrected chi connectivity index (χ0v) is 11.7. The van der Waals surface area contributed by atoms with E-state index in [0.717, 1.165) is 12.8 Å². The third-order valence-corrected chi connectivity index (χ3v) is 4.11. The maximum atomic E-state index is 11.0. The number of carbonyl (C=O) groups is 1. The molecule has 0 spiro atoms. The molecular formula is C16H22O2. The van der Waals surface area contributed by atoms with Crippen LogP contribution in [0.2, 0.25) is 0 Å². The normalized spacial score (nSPS) is 22.9. The molecular weight excluding hydrogens is 224 g/mol. The van der Waals surface area contributed by atoms with Gasteiger partial charge in [0.25, 0.3) is 0 Å². The summed E-state index contributed by atoms with van der Waals surface area (Å²) in [7, 11) is 0. The van der Waals surface area contributed by atoms with Crippen LogP contribution in [0.1, 0.15) is 57.2 Å². The van der Waals surface area contributed by atoms with E-state index in [9.17, 15) is 4.79 Å². The van der Waals surface area contributed by atoms with E-state index >= 15 is 0 Å². The first-order valence-corrected chi connectivity index (χ1v) is 6.58. The molecule has 18 heavy (non-hydrogen) atoms. The molecule has 0 heterocycles. The molecule has 98 valence electrons. The standard InChI is InChI=1S/C16H22O2/c1-15(2,3)12-5-6-13-11(9-12)7-8-16(13,4)10-14(17)18/h5-6,9H,7-8,10H2,1-4H3,(H,17,18). The zero-order valence-electron chi connectivity index (χ0n) is 11.7. The topological polar surface area (TPSA) is 37.3 Å². The van der Waals surface area contributed by atoms with E-state index < -0.39 is 5.97 Å². The summed E-state index contributed by atoms with van der Waals surface area (Å²) in [4.78, 5) is 11.0. The molecule has 1 unspecified atom stereocenters. The Balaban J connectivity index is 2.39. The lowest BCUT2D eigenvalue weighted by molar-refractivity contribution is -0.138. The van der Waals surface area contributed by atoms with Crippen molar-refractivity contribution >= 4 is 5.97 Å². The van der Waals surface area contributed by atoms with Crippen molar-refractivity contribution in [1.29, 1.82) is 0 Å². The SMILES string of the molecule is CC(C)(C)c1ccc2c(c1)CCC2(C)CC(=O)O. The van der Waals surface area contributed by atoms with Gasteiger partial charge in [0, 0.05) is 5.41 Å². The quantitative estimate of drug-likeness (QED) is 0.864. The number of hydrogen-bond acceptors (Lipinski definition) is 1. The first kappa shape index (κ1) is 13.1. The van der Waals surface area contributed by atoms with Gasteiger partial charge in [0.05, 0.1) is 6.42 Å². The molecule has 0 bridgehead atoms. The van der Waals surface area contributed by atoms with Crippen molar-refractivity contribution in [2.45, 2.75) is 57.8 Å². The van der Waals surface area contributed by atoms with Crippen LogP contribution in [0.4, 0.5) is 0 Å². The van der Waals surface area contributed by atoms with Crippen molar-refractivity contribution in [3.63, 3.8) is 0 Å². The van der Waals surface area contributed by atoms with Gasteiger partial charge in [-0.25, -0.2) is 0 Å². The minimum atomic E-state index is -0.703. The van der Waals surface area contributed by atoms with Crippen LogP contribution in [0.3, 0.4) is 0 Å². The molecule has 1 aromatic carbocycles. The molecule has 2 heteroatoms. The number of fused-ring (bicyclic) bond motifs is 1. The van der Waals surface area contributed by atoms with Gasteiger partial charge in [-0.3, -0.25) is 4.79 Å². The third kappa shape index (κ3) is 2.29. The molecule has 0 aliphatic heterocycles. The Bertz CT molecular complexity index is 482. The number of aliphatic carboxylic acids is 1. The predicted molar refractivity (Wildman–Crippen MR) is 73.1 cm³/mol. The Labute approximate surface area is 109 Å². The van der Waals surface area contributed by atoms with Crippen LogP contribution in [-0.2, 0) is 22.0 Å². The Morgan fingerprint density at radius 2 is 2.06 bits per heavy atom. The van der Waals surface area contributed by atoms with Gasteiger partial charge >= 0.3 is 5.97 Å². The lowest BCUT2D eigenvalue weighted by Gasteiger charge is -2.25. The molecule has 0 saturated heterocycles. The van der Waals surface area contributed by atoms with Crippen LogP contribution in [0, 0.1) is 0 Å². The van der Waals surface area contributed by atoms with Gasteiger partial charge in [0.15, 0.2) is 0 Å². The fourth-order valence-corrected chi connectivity index (χ4v) is 2.92. The number of benzene rings is 1. The third-order valence-electron chi connectivity index (χ3n) is 4.11. The van der Waals surface area contributed by atoms with Gasteiger partial charge < -0.3 is 5.11 Å². The summed E-state index contributed by atoms with van der Waals surface area (Å²) < 4.78 is 0. The Morgan fingerprint density at radius 3 is 2.61 bits per heavy atom. The highest BCUT2D eigenvalue weighted by Crippen LogP contribution is 2.42. The van der Waals surface area contributed by atoms with Gasteiger partial charge in [0.1, 0.15) is 0 Å². The number of rotatable bonds is 2. The monoisotopic (exact) mass is 246 g/mol. The molecule has 1 atom stereocenters. The van der Waals surface area contributed by atoms with E-state index in [0.29, 0.717) is 0 Å². The van der Waals surface area contributed by atoms with E-state index in [2.05, 4.69) is 45.9 Å². The largest absolute Gasteiger partial charge is 0.481 e. The second-order valence-electron chi connectivity index (χ2n) is 6.75. The van der Waals surface area contributed by atoms with Gasteiger partial charge in [-0.05, 0) is 34.9 Å². The summed E-state index contributed by atoms with van der Waals surface area (Å²) in [6, 6.07) is 6.57. The summed E-state index contributed by atoms with van der Waals surface area (Å²) in [5, 5.41) is 9.05. The van der Waals surface area contributed by atoms with E-state index in [1.54, 1.807) is 0 Å². The number of hydrogen-bond donors (Lipinski definition) is 1. The molecule has 1 N–H and O–H groups in total. The molecule has 1 aliphatic rings. The van der Waals surface area contributed by atoms with E-state index in [-0.39, 0.29) is 17.3 Å². The summed E-state index contributed by atoms with van der Waals surface area (Å²) in [5.74, 6) is -0.703. The van der Waals surface area contributed by atoms with Crippen LogP contribution < -0.4 is 0 Å². The van der Waals surface area contributed by atoms with Crippen LogP contribution in [0.25, 0.3) is 0 Å². The van der Waals surface area contributed by atoms with Gasteiger partial charge in [-0.2, -0.15) is 0 Å². The highest BCUT2D eigenvalue weighted by molar-refractivity contribution is 5.69. The van der Waals surface area contributed by atoms with Crippen LogP contribution in [0.5, 0.6) is 0 Å². The van der Waals surface area contributed by atoms with E-state index in [1.807, 2.05) is 0 Å². The fraction of sp³-hybridized carbons (Fsp3) is 0.562. The molecule has 0 amide bonds. The van der Waals surface area contributed by atoms with Crippen molar-refractivity contribution in [2.75, 3.05) is 0 Å². The molecule has 0 radical (unpaired) electrons. The van der Waals surface area contributed by atoms with E-state index in [1.165, 1.54) is 16.7 Å². The Morgan fingerprint density at radius 1 is 1.39 bits per heavy atom. The van der Waals surface area contributed by atoms with Crippen LogP contribution >= 0.6 is 0 Å². The van der Waals surface area contributed by atoms with Gasteiger partial charge in [0.2, 0.25) is 0 Å². The summed E-state index contributed by atoms with van der Waals surface area (Å²) in [6.07, 6.45) is 2.18. The lowest BCUT2D eigenvalue weighted by atomic mass is 9.79. The summed E-state index contributed by atoms with van der Waals surface area (Å²) >= 11 is 0. The summed E-state index contributed by atoms with van der Waals surface area (Å²) in [5.41, 5.74) is 3.88. The maximum absolute atomic E-state index is 11.0. The number of carboxylic acids is 1. The molecule has 1 aromatic rings. The molecule has 0 aromatic heterocycles. The van der Waals surface area contributed by atoms with Crippen molar-refractivity contribution in [3.05, 3.63) is 34.9 Å². The van der Waals surface area contributed by atoms with Crippen molar-refractivity contribution in [2.24, 2.45) is 0 Å². The molecule has 1 aliphatic carbocycles. The number of aryl methyl sites for hydroxylation is 1. The minimum Gasteiger partial charge on any atom is -0.481 e. The minimum absolute atomic E-state index is 0.154. The van der Waals surface area contributed by atoms with Crippen molar-refractivity contribution < 1.29 is 9.90 Å². The smallest absolute Gasteiger partial charge is 0.304 e. The fourth-order valence-electron chi connectivity index (χ4n) is 2.92. The highest BCUT2D eigenvalue weighted by Gasteiger charge is 2.36. The molecule has 0 fully saturated rings. The summed E-state index contributed by atoms with van der Waals surface area (Å²) in [6.45, 7) is 8.70. The van der Waals surface area contributed by atoms with Gasteiger partial charge in [-0.1, -0.05) is 45.9 Å². The van der Waals surface area contributed by atoms with E-state index in [4.69, 9.17) is 5.11 Å². The first-order chi connectivity index (χ1) is 8.22. The van der Waals surface area contributed by atoms with Crippen molar-refractivity contribution in [1.82, 2.24) is 0 Å². The van der Waals surface area contributed by atoms with Crippen molar-refractivity contribution in [3.8, 4) is 0 Å². The highest BCUT2D eigenvalue weighted by atomic mass is 16.4. The Hall–Kier alpha value is -1.31. The molecule has 0 saturated carbocycles. The lowest BCUT2D eigenvalue weighted by Crippen LogP contribution is -2.22. The second kappa shape index (κ2) is 4.11. The van der Waals surface area contributed by atoms with Crippen LogP contribution in [0.15, 0.2) is 18.2 Å². The number of carboxylic acid groups (broad SMARTS) is 1. The molecule has 2 nitrogen and oxygen atoms in total. The average Bonchev–Trinajstić information content (AvgIpc) is 2.54.